The molecule has 0 saturated heterocycles. The minimum absolute atomic E-state index is 0. The zero-order valence-electron chi connectivity index (χ0n) is 10.1. The fraction of sp³-hybridized carbons (Fsp3) is 0. The lowest BCUT2D eigenvalue weighted by molar-refractivity contribution is 1.41. The molecule has 0 aliphatic carbocycles. The van der Waals surface area contributed by atoms with Crippen LogP contribution in [0.15, 0.2) is 60.7 Å². The van der Waals surface area contributed by atoms with Crippen LogP contribution in [-0.2, 0) is 0 Å². The molecule has 0 amide bonds. The number of rotatable bonds is 2. The van der Waals surface area contributed by atoms with E-state index in [9.17, 15) is 0 Å². The number of benzene rings is 2. The predicted octanol–water partition coefficient (Wildman–Crippen LogP) is 4.64. The topological polar surface area (TPSA) is 38.9 Å². The normalized spacial score (nSPS) is 9.89. The summed E-state index contributed by atoms with van der Waals surface area (Å²) < 4.78 is 0. The van der Waals surface area contributed by atoms with E-state index in [0.717, 1.165) is 21.7 Å². The highest BCUT2D eigenvalue weighted by Gasteiger charge is 2.12. The van der Waals surface area contributed by atoms with Crippen LogP contribution in [0.3, 0.4) is 0 Å². The van der Waals surface area contributed by atoms with Gasteiger partial charge in [0.15, 0.2) is 5.13 Å². The van der Waals surface area contributed by atoms with E-state index in [1.54, 1.807) is 0 Å². The highest BCUT2D eigenvalue weighted by atomic mass is 79.9. The molecule has 4 heteroatoms. The molecule has 0 saturated carbocycles. The van der Waals surface area contributed by atoms with E-state index < -0.39 is 0 Å². The maximum atomic E-state index is 5.86. The summed E-state index contributed by atoms with van der Waals surface area (Å²) >= 11 is 1.53. The number of nitrogens with zero attached hydrogens (tertiary/aromatic N) is 1. The van der Waals surface area contributed by atoms with Gasteiger partial charge >= 0.3 is 0 Å². The molecule has 1 aromatic heterocycles. The van der Waals surface area contributed by atoms with Crippen molar-refractivity contribution in [2.45, 2.75) is 0 Å². The Morgan fingerprint density at radius 2 is 1.32 bits per heavy atom. The van der Waals surface area contributed by atoms with Crippen molar-refractivity contribution < 1.29 is 0 Å². The standard InChI is InChI=1S/C15H12N2S.BrH/c16-15-17-13(11-7-3-1-4-8-11)14(18-15)12-9-5-2-6-10-12;/h1-10H,(H2,16,17);1H. The molecule has 2 aromatic carbocycles. The third-order valence-electron chi connectivity index (χ3n) is 2.73. The van der Waals surface area contributed by atoms with E-state index in [2.05, 4.69) is 29.2 Å². The Balaban J connectivity index is 0.00000133. The van der Waals surface area contributed by atoms with Gasteiger partial charge in [-0.15, -0.1) is 17.0 Å². The van der Waals surface area contributed by atoms with Gasteiger partial charge in [0.2, 0.25) is 0 Å². The first-order valence-electron chi connectivity index (χ1n) is 5.72. The fourth-order valence-corrected chi connectivity index (χ4v) is 2.77. The van der Waals surface area contributed by atoms with E-state index in [1.807, 2.05) is 36.4 Å². The molecule has 19 heavy (non-hydrogen) atoms. The van der Waals surface area contributed by atoms with Crippen molar-refractivity contribution in [3.63, 3.8) is 0 Å². The lowest BCUT2D eigenvalue weighted by Crippen LogP contribution is -1.83. The van der Waals surface area contributed by atoms with Gasteiger partial charge in [-0.05, 0) is 5.56 Å². The number of halogens is 1. The van der Waals surface area contributed by atoms with Crippen LogP contribution in [0.5, 0.6) is 0 Å². The Kier molecular flexibility index (Phi) is 4.35. The summed E-state index contributed by atoms with van der Waals surface area (Å²) in [6.45, 7) is 0. The fourth-order valence-electron chi connectivity index (χ4n) is 1.91. The summed E-state index contributed by atoms with van der Waals surface area (Å²) in [7, 11) is 0. The van der Waals surface area contributed by atoms with Crippen LogP contribution in [0.25, 0.3) is 21.7 Å². The van der Waals surface area contributed by atoms with E-state index in [4.69, 9.17) is 5.73 Å². The molecule has 3 aromatic rings. The Morgan fingerprint density at radius 1 is 0.789 bits per heavy atom. The number of hydrogen-bond acceptors (Lipinski definition) is 3. The number of aromatic nitrogens is 1. The minimum Gasteiger partial charge on any atom is -0.375 e. The average Bonchev–Trinajstić information content (AvgIpc) is 2.83. The van der Waals surface area contributed by atoms with Gasteiger partial charge in [-0.1, -0.05) is 72.0 Å². The summed E-state index contributed by atoms with van der Waals surface area (Å²) in [5.74, 6) is 0. The molecular formula is C15H13BrN2S. The van der Waals surface area contributed by atoms with Crippen LogP contribution in [-0.4, -0.2) is 4.98 Å². The van der Waals surface area contributed by atoms with E-state index in [0.29, 0.717) is 5.13 Å². The molecule has 0 aliphatic heterocycles. The highest BCUT2D eigenvalue weighted by molar-refractivity contribution is 8.93. The quantitative estimate of drug-likeness (QED) is 0.742. The molecule has 1 heterocycles. The average molecular weight is 333 g/mol. The van der Waals surface area contributed by atoms with E-state index >= 15 is 0 Å². The third-order valence-corrected chi connectivity index (χ3v) is 3.66. The summed E-state index contributed by atoms with van der Waals surface area (Å²) in [6.07, 6.45) is 0. The van der Waals surface area contributed by atoms with Gasteiger partial charge < -0.3 is 5.73 Å². The predicted molar refractivity (Wildman–Crippen MR) is 87.7 cm³/mol. The Morgan fingerprint density at radius 3 is 1.89 bits per heavy atom. The first-order valence-corrected chi connectivity index (χ1v) is 6.53. The first kappa shape index (κ1) is 13.8. The van der Waals surface area contributed by atoms with E-state index in [1.165, 1.54) is 11.3 Å². The molecule has 0 unspecified atom stereocenters. The molecule has 2 nitrogen and oxygen atoms in total. The molecule has 0 bridgehead atoms. The van der Waals surface area contributed by atoms with Crippen LogP contribution >= 0.6 is 28.3 Å². The van der Waals surface area contributed by atoms with Gasteiger partial charge in [0.05, 0.1) is 10.6 Å². The van der Waals surface area contributed by atoms with Crippen molar-refractivity contribution in [1.82, 2.24) is 4.98 Å². The van der Waals surface area contributed by atoms with Gasteiger partial charge in [-0.25, -0.2) is 4.98 Å². The SMILES string of the molecule is Br.Nc1nc(-c2ccccc2)c(-c2ccccc2)s1. The van der Waals surface area contributed by atoms with Gasteiger partial charge in [0, 0.05) is 5.56 Å². The largest absolute Gasteiger partial charge is 0.375 e. The molecule has 96 valence electrons. The van der Waals surface area contributed by atoms with Crippen LogP contribution < -0.4 is 5.73 Å². The Hall–Kier alpha value is -1.65. The summed E-state index contributed by atoms with van der Waals surface area (Å²) in [4.78, 5) is 5.58. The first-order chi connectivity index (χ1) is 8.84. The summed E-state index contributed by atoms with van der Waals surface area (Å²) in [5.41, 5.74) is 9.08. The van der Waals surface area contributed by atoms with Gasteiger partial charge in [-0.3, -0.25) is 0 Å². The lowest BCUT2D eigenvalue weighted by Gasteiger charge is -2.02. The van der Waals surface area contributed by atoms with Crippen molar-refractivity contribution >= 4 is 33.4 Å². The minimum atomic E-state index is 0. The summed E-state index contributed by atoms with van der Waals surface area (Å²) in [5, 5.41) is 0.604. The molecule has 0 fully saturated rings. The lowest BCUT2D eigenvalue weighted by atomic mass is 10.1. The van der Waals surface area contributed by atoms with Crippen LogP contribution in [0.4, 0.5) is 5.13 Å². The number of nitrogen functional groups attached to an aromatic ring is 1. The zero-order valence-corrected chi connectivity index (χ0v) is 12.6. The monoisotopic (exact) mass is 332 g/mol. The third kappa shape index (κ3) is 2.85. The van der Waals surface area contributed by atoms with Crippen molar-refractivity contribution in [2.24, 2.45) is 0 Å². The van der Waals surface area contributed by atoms with Gasteiger partial charge in [0.25, 0.3) is 0 Å². The second kappa shape index (κ2) is 5.99. The molecule has 0 spiro atoms. The van der Waals surface area contributed by atoms with Gasteiger partial charge in [-0.2, -0.15) is 0 Å². The van der Waals surface area contributed by atoms with Crippen LogP contribution in [0, 0.1) is 0 Å². The molecule has 0 aliphatic rings. The van der Waals surface area contributed by atoms with Crippen molar-refractivity contribution in [1.29, 1.82) is 0 Å². The van der Waals surface area contributed by atoms with Gasteiger partial charge in [0.1, 0.15) is 0 Å². The van der Waals surface area contributed by atoms with E-state index in [-0.39, 0.29) is 17.0 Å². The maximum Gasteiger partial charge on any atom is 0.181 e. The smallest absolute Gasteiger partial charge is 0.181 e. The second-order valence-electron chi connectivity index (χ2n) is 3.96. The Labute approximate surface area is 126 Å². The van der Waals surface area contributed by atoms with Crippen molar-refractivity contribution in [3.8, 4) is 21.7 Å². The molecular weight excluding hydrogens is 320 g/mol. The highest BCUT2D eigenvalue weighted by Crippen LogP contribution is 2.37. The molecule has 3 rings (SSSR count). The van der Waals surface area contributed by atoms with Crippen LogP contribution in [0.1, 0.15) is 0 Å². The number of anilines is 1. The summed E-state index contributed by atoms with van der Waals surface area (Å²) in [6, 6.07) is 20.4. The van der Waals surface area contributed by atoms with Crippen molar-refractivity contribution in [2.75, 3.05) is 5.73 Å². The zero-order chi connectivity index (χ0) is 12.4. The van der Waals surface area contributed by atoms with Crippen molar-refractivity contribution in [3.05, 3.63) is 60.7 Å². The van der Waals surface area contributed by atoms with Crippen LogP contribution in [0.2, 0.25) is 0 Å². The molecule has 0 atom stereocenters. The molecule has 2 N–H and O–H groups in total. The number of nitrogens with two attached hydrogens (primary N) is 1. The number of thiazole rings is 1. The maximum absolute atomic E-state index is 5.86. The second-order valence-corrected chi connectivity index (χ2v) is 4.99. The Bertz CT molecular complexity index is 593. The number of hydrogen-bond donors (Lipinski definition) is 1. The molecule has 0 radical (unpaired) electrons.